The SMILES string of the molecule is CCCN(c1c(SC)nn2c(-c3c(Cl)cc(C)cc3OC)cccc12)C1CCOCC1. The summed E-state index contributed by atoms with van der Waals surface area (Å²) < 4.78 is 13.4. The molecule has 3 aromatic rings. The highest BCUT2D eigenvalue weighted by Crippen LogP contribution is 2.41. The molecule has 1 aliphatic heterocycles. The number of fused-ring (bicyclic) bond motifs is 1. The van der Waals surface area contributed by atoms with Gasteiger partial charge in [0.25, 0.3) is 0 Å². The van der Waals surface area contributed by atoms with Crippen LogP contribution in [-0.2, 0) is 4.74 Å². The lowest BCUT2D eigenvalue weighted by atomic mass is 10.1. The van der Waals surface area contributed by atoms with Gasteiger partial charge in [0.05, 0.1) is 34.6 Å². The van der Waals surface area contributed by atoms with Crippen molar-refractivity contribution in [3.05, 3.63) is 40.9 Å². The summed E-state index contributed by atoms with van der Waals surface area (Å²) in [5, 5.41) is 6.74. The lowest BCUT2D eigenvalue weighted by Gasteiger charge is -2.35. The molecule has 0 bridgehead atoms. The van der Waals surface area contributed by atoms with Crippen molar-refractivity contribution < 1.29 is 9.47 Å². The number of aromatic nitrogens is 2. The molecule has 2 aromatic heterocycles. The average Bonchev–Trinajstić information content (AvgIpc) is 3.16. The van der Waals surface area contributed by atoms with Crippen LogP contribution < -0.4 is 9.64 Å². The molecular weight excluding hydrogens is 430 g/mol. The summed E-state index contributed by atoms with van der Waals surface area (Å²) in [4.78, 5) is 2.55. The minimum absolute atomic E-state index is 0.466. The van der Waals surface area contributed by atoms with Crippen molar-refractivity contribution in [2.24, 2.45) is 0 Å². The van der Waals surface area contributed by atoms with Gasteiger partial charge in [-0.1, -0.05) is 24.6 Å². The van der Waals surface area contributed by atoms with Gasteiger partial charge in [-0.3, -0.25) is 0 Å². The largest absolute Gasteiger partial charge is 0.496 e. The number of pyridine rings is 1. The molecule has 0 N–H and O–H groups in total. The zero-order chi connectivity index (χ0) is 22.0. The minimum Gasteiger partial charge on any atom is -0.496 e. The van der Waals surface area contributed by atoms with Crippen molar-refractivity contribution in [1.82, 2.24) is 9.61 Å². The summed E-state index contributed by atoms with van der Waals surface area (Å²) in [7, 11) is 1.69. The summed E-state index contributed by atoms with van der Waals surface area (Å²) >= 11 is 8.40. The molecule has 0 amide bonds. The maximum absolute atomic E-state index is 6.71. The molecule has 5 nitrogen and oxygen atoms in total. The van der Waals surface area contributed by atoms with Gasteiger partial charge < -0.3 is 14.4 Å². The molecule has 0 unspecified atom stereocenters. The average molecular weight is 460 g/mol. The van der Waals surface area contributed by atoms with E-state index in [-0.39, 0.29) is 0 Å². The van der Waals surface area contributed by atoms with Gasteiger partial charge in [-0.15, -0.1) is 11.8 Å². The maximum atomic E-state index is 6.71. The second-order valence-corrected chi connectivity index (χ2v) is 9.13. The van der Waals surface area contributed by atoms with Crippen LogP contribution in [0.3, 0.4) is 0 Å². The number of nitrogens with zero attached hydrogens (tertiary/aromatic N) is 3. The molecule has 1 aromatic carbocycles. The highest BCUT2D eigenvalue weighted by atomic mass is 35.5. The van der Waals surface area contributed by atoms with E-state index in [2.05, 4.69) is 36.3 Å². The van der Waals surface area contributed by atoms with Crippen LogP contribution in [0.15, 0.2) is 35.4 Å². The van der Waals surface area contributed by atoms with E-state index in [9.17, 15) is 0 Å². The number of hydrogen-bond acceptors (Lipinski definition) is 5. The van der Waals surface area contributed by atoms with Gasteiger partial charge in [0.2, 0.25) is 0 Å². The van der Waals surface area contributed by atoms with Crippen LogP contribution >= 0.6 is 23.4 Å². The van der Waals surface area contributed by atoms with Crippen LogP contribution in [0, 0.1) is 6.92 Å². The number of aryl methyl sites for hydroxylation is 1. The fourth-order valence-corrected chi connectivity index (χ4v) is 5.41. The van der Waals surface area contributed by atoms with Crippen LogP contribution in [-0.4, -0.2) is 48.8 Å². The van der Waals surface area contributed by atoms with Crippen LogP contribution in [0.5, 0.6) is 5.75 Å². The van der Waals surface area contributed by atoms with Crippen molar-refractivity contribution in [2.75, 3.05) is 38.0 Å². The lowest BCUT2D eigenvalue weighted by molar-refractivity contribution is 0.0844. The van der Waals surface area contributed by atoms with Gasteiger partial charge in [-0.05, 0) is 62.3 Å². The Labute approximate surface area is 193 Å². The number of hydrogen-bond donors (Lipinski definition) is 0. The van der Waals surface area contributed by atoms with Gasteiger partial charge in [0.15, 0.2) is 0 Å². The molecule has 0 radical (unpaired) electrons. The third-order valence-electron chi connectivity index (χ3n) is 5.85. The summed E-state index contributed by atoms with van der Waals surface area (Å²) in [6.07, 6.45) is 5.27. The Morgan fingerprint density at radius 2 is 2.06 bits per heavy atom. The zero-order valence-corrected chi connectivity index (χ0v) is 20.2. The Hall–Kier alpha value is -1.89. The van der Waals surface area contributed by atoms with Crippen molar-refractivity contribution in [2.45, 2.75) is 44.2 Å². The number of methoxy groups -OCH3 is 1. The predicted octanol–water partition coefficient (Wildman–Crippen LogP) is 6.09. The first kappa shape index (κ1) is 22.3. The second-order valence-electron chi connectivity index (χ2n) is 7.93. The normalized spacial score (nSPS) is 14.9. The quantitative estimate of drug-likeness (QED) is 0.400. The fraction of sp³-hybridized carbons (Fsp3) is 0.458. The van der Waals surface area contributed by atoms with Crippen LogP contribution in [0.1, 0.15) is 31.7 Å². The number of ether oxygens (including phenoxy) is 2. The Bertz CT molecular complexity index is 1060. The molecule has 7 heteroatoms. The van der Waals surface area contributed by atoms with Gasteiger partial charge in [-0.25, -0.2) is 4.52 Å². The molecule has 0 spiro atoms. The van der Waals surface area contributed by atoms with Gasteiger partial charge >= 0.3 is 0 Å². The first-order chi connectivity index (χ1) is 15.1. The fourth-order valence-electron chi connectivity index (χ4n) is 4.47. The molecule has 4 rings (SSSR count). The van der Waals surface area contributed by atoms with E-state index in [1.54, 1.807) is 18.9 Å². The van der Waals surface area contributed by atoms with Crippen molar-refractivity contribution in [3.63, 3.8) is 0 Å². The molecule has 0 saturated carbocycles. The Morgan fingerprint density at radius 1 is 1.29 bits per heavy atom. The van der Waals surface area contributed by atoms with Crippen LogP contribution in [0.4, 0.5) is 5.69 Å². The summed E-state index contributed by atoms with van der Waals surface area (Å²) in [5.41, 5.74) is 5.18. The molecule has 0 aliphatic carbocycles. The van der Waals surface area contributed by atoms with Crippen molar-refractivity contribution in [3.8, 4) is 17.0 Å². The molecule has 1 saturated heterocycles. The van der Waals surface area contributed by atoms with Crippen LogP contribution in [0.25, 0.3) is 16.8 Å². The van der Waals surface area contributed by atoms with Crippen molar-refractivity contribution >= 4 is 34.6 Å². The van der Waals surface area contributed by atoms with Crippen LogP contribution in [0.2, 0.25) is 5.02 Å². The van der Waals surface area contributed by atoms with E-state index < -0.39 is 0 Å². The Kier molecular flexibility index (Phi) is 6.99. The number of anilines is 1. The number of rotatable bonds is 7. The monoisotopic (exact) mass is 459 g/mol. The van der Waals surface area contributed by atoms with E-state index in [1.807, 2.05) is 23.6 Å². The smallest absolute Gasteiger partial charge is 0.142 e. The Morgan fingerprint density at radius 3 is 2.74 bits per heavy atom. The van der Waals surface area contributed by atoms with Crippen molar-refractivity contribution in [1.29, 1.82) is 0 Å². The highest BCUT2D eigenvalue weighted by Gasteiger charge is 2.28. The zero-order valence-electron chi connectivity index (χ0n) is 18.7. The summed E-state index contributed by atoms with van der Waals surface area (Å²) in [6.45, 7) is 6.89. The maximum Gasteiger partial charge on any atom is 0.142 e. The molecule has 31 heavy (non-hydrogen) atoms. The van der Waals surface area contributed by atoms with E-state index in [1.165, 1.54) is 5.69 Å². The first-order valence-corrected chi connectivity index (χ1v) is 12.4. The van der Waals surface area contributed by atoms with E-state index in [0.717, 1.165) is 72.1 Å². The lowest BCUT2D eigenvalue weighted by Crippen LogP contribution is -2.40. The van der Waals surface area contributed by atoms with Gasteiger partial charge in [0.1, 0.15) is 10.8 Å². The minimum atomic E-state index is 0.466. The summed E-state index contributed by atoms with van der Waals surface area (Å²) in [6, 6.07) is 10.8. The third-order valence-corrected chi connectivity index (χ3v) is 6.81. The second kappa shape index (κ2) is 9.72. The first-order valence-electron chi connectivity index (χ1n) is 10.8. The molecule has 166 valence electrons. The van der Waals surface area contributed by atoms with Gasteiger partial charge in [-0.2, -0.15) is 5.10 Å². The molecule has 3 heterocycles. The third kappa shape index (κ3) is 4.26. The number of thioether (sulfide) groups is 1. The van der Waals surface area contributed by atoms with E-state index >= 15 is 0 Å². The Balaban J connectivity index is 1.92. The molecule has 1 fully saturated rings. The standard InChI is InChI=1S/C24H30ClN3O2S/c1-5-11-27(17-9-12-30-13-10-17)23-20-8-6-7-19(28(20)26-24(23)31-4)22-18(25)14-16(2)15-21(22)29-3/h6-8,14-15,17H,5,9-13H2,1-4H3. The molecule has 1 aliphatic rings. The topological polar surface area (TPSA) is 39.0 Å². The number of halogens is 1. The predicted molar refractivity (Wildman–Crippen MR) is 130 cm³/mol. The summed E-state index contributed by atoms with van der Waals surface area (Å²) in [5.74, 6) is 0.759. The molecular formula is C24H30ClN3O2S. The highest BCUT2D eigenvalue weighted by molar-refractivity contribution is 7.98. The van der Waals surface area contributed by atoms with E-state index in [0.29, 0.717) is 11.1 Å². The molecule has 0 atom stereocenters. The number of benzene rings is 1. The van der Waals surface area contributed by atoms with Gasteiger partial charge in [0, 0.05) is 25.8 Å². The van der Waals surface area contributed by atoms with E-state index in [4.69, 9.17) is 26.2 Å².